The number of thiophene rings is 1. The van der Waals surface area contributed by atoms with E-state index in [1.807, 2.05) is 30.5 Å². The van der Waals surface area contributed by atoms with Crippen molar-refractivity contribution in [3.05, 3.63) is 51.5 Å². The molecule has 3 N–H and O–H groups in total. The first-order valence-electron chi connectivity index (χ1n) is 6.17. The summed E-state index contributed by atoms with van der Waals surface area (Å²) < 4.78 is 0. The van der Waals surface area contributed by atoms with E-state index in [-0.39, 0.29) is 5.91 Å². The average Bonchev–Trinajstić information content (AvgIpc) is 2.90. The summed E-state index contributed by atoms with van der Waals surface area (Å²) >= 11 is 1.56. The number of nitrogens with two attached hydrogens (primary N) is 1. The molecule has 0 aliphatic carbocycles. The molecule has 0 aliphatic rings. The molecule has 0 saturated carbocycles. The van der Waals surface area contributed by atoms with Gasteiger partial charge >= 0.3 is 0 Å². The lowest BCUT2D eigenvalue weighted by Crippen LogP contribution is -2.23. The molecule has 102 valence electrons. The van der Waals surface area contributed by atoms with Gasteiger partial charge in [-0.15, -0.1) is 11.3 Å². The van der Waals surface area contributed by atoms with Crippen molar-refractivity contribution >= 4 is 17.2 Å². The Morgan fingerprint density at radius 1 is 1.50 bits per heavy atom. The molecule has 2 aromatic rings. The minimum absolute atomic E-state index is 0.170. The van der Waals surface area contributed by atoms with Gasteiger partial charge in [-0.05, 0) is 25.1 Å². The molecule has 2 heterocycles. The maximum Gasteiger partial charge on any atom is 0.270 e. The summed E-state index contributed by atoms with van der Waals surface area (Å²) in [6.45, 7) is 2.68. The van der Waals surface area contributed by atoms with Gasteiger partial charge < -0.3 is 11.1 Å². The van der Waals surface area contributed by atoms with Crippen LogP contribution in [0, 0.1) is 18.8 Å². The molecule has 5 heteroatoms. The van der Waals surface area contributed by atoms with Crippen LogP contribution in [-0.4, -0.2) is 17.4 Å². The Morgan fingerprint density at radius 3 is 3.10 bits per heavy atom. The minimum Gasteiger partial charge on any atom is -0.346 e. The molecule has 0 unspecified atom stereocenters. The van der Waals surface area contributed by atoms with Gasteiger partial charge in [0.1, 0.15) is 5.69 Å². The van der Waals surface area contributed by atoms with E-state index in [0.717, 1.165) is 16.1 Å². The number of carbonyl (C=O) groups is 1. The maximum atomic E-state index is 11.9. The second-order valence-corrected chi connectivity index (χ2v) is 5.15. The number of hydrogen-bond acceptors (Lipinski definition) is 4. The van der Waals surface area contributed by atoms with Crippen LogP contribution in [0.25, 0.3) is 0 Å². The summed E-state index contributed by atoms with van der Waals surface area (Å²) in [6, 6.07) is 7.34. The van der Waals surface area contributed by atoms with Crippen LogP contribution in [-0.2, 0) is 6.54 Å². The van der Waals surface area contributed by atoms with E-state index in [1.165, 1.54) is 0 Å². The van der Waals surface area contributed by atoms with Gasteiger partial charge in [-0.2, -0.15) is 0 Å². The van der Waals surface area contributed by atoms with Crippen molar-refractivity contribution in [3.63, 3.8) is 0 Å². The summed E-state index contributed by atoms with van der Waals surface area (Å²) in [6.07, 6.45) is 0. The largest absolute Gasteiger partial charge is 0.346 e. The molecule has 1 amide bonds. The first-order chi connectivity index (χ1) is 9.69. The van der Waals surface area contributed by atoms with Crippen molar-refractivity contribution in [3.8, 4) is 11.8 Å². The van der Waals surface area contributed by atoms with Crippen LogP contribution < -0.4 is 11.1 Å². The Kier molecular flexibility index (Phi) is 4.88. The Bertz CT molecular complexity index is 667. The number of aryl methyl sites for hydroxylation is 1. The Hall–Kier alpha value is -2.16. The third-order valence-corrected chi connectivity index (χ3v) is 3.47. The number of carbonyl (C=O) groups excluding carboxylic acids is 1. The fraction of sp³-hybridized carbons (Fsp3) is 0.200. The van der Waals surface area contributed by atoms with E-state index in [0.29, 0.717) is 18.8 Å². The second-order valence-electron chi connectivity index (χ2n) is 4.15. The van der Waals surface area contributed by atoms with E-state index >= 15 is 0 Å². The number of hydrogen-bond donors (Lipinski definition) is 2. The summed E-state index contributed by atoms with van der Waals surface area (Å²) in [5.41, 5.74) is 7.51. The number of rotatable bonds is 3. The maximum absolute atomic E-state index is 11.9. The molecule has 0 spiro atoms. The number of aromatic nitrogens is 1. The fourth-order valence-corrected chi connectivity index (χ4v) is 2.38. The Morgan fingerprint density at radius 2 is 2.35 bits per heavy atom. The molecule has 0 fully saturated rings. The SMILES string of the molecule is Cc1cccc(C(=O)NCc2cc(C#CCN)cs2)n1. The molecule has 2 rings (SSSR count). The lowest BCUT2D eigenvalue weighted by Gasteiger charge is -2.03. The molecule has 0 radical (unpaired) electrons. The second kappa shape index (κ2) is 6.85. The van der Waals surface area contributed by atoms with Crippen LogP contribution in [0.15, 0.2) is 29.6 Å². The third kappa shape index (κ3) is 3.92. The Balaban J connectivity index is 1.95. The number of amides is 1. The number of nitrogens with zero attached hydrogens (tertiary/aromatic N) is 1. The molecule has 20 heavy (non-hydrogen) atoms. The molecule has 0 saturated heterocycles. The first-order valence-corrected chi connectivity index (χ1v) is 7.05. The highest BCUT2D eigenvalue weighted by molar-refractivity contribution is 7.10. The van der Waals surface area contributed by atoms with Crippen molar-refractivity contribution in [2.75, 3.05) is 6.54 Å². The first kappa shape index (κ1) is 14.3. The molecule has 0 atom stereocenters. The zero-order valence-electron chi connectivity index (χ0n) is 11.1. The van der Waals surface area contributed by atoms with Crippen LogP contribution in [0.5, 0.6) is 0 Å². The standard InChI is InChI=1S/C15H15N3OS/c1-11-4-2-6-14(18-11)15(19)17-9-13-8-12(10-20-13)5-3-7-16/h2,4,6,8,10H,7,9,16H2,1H3,(H,17,19). The van der Waals surface area contributed by atoms with E-state index in [4.69, 9.17) is 5.73 Å². The average molecular weight is 285 g/mol. The molecular formula is C15H15N3OS. The van der Waals surface area contributed by atoms with Crippen LogP contribution in [0.4, 0.5) is 0 Å². The van der Waals surface area contributed by atoms with Crippen molar-refractivity contribution in [2.24, 2.45) is 5.73 Å². The van der Waals surface area contributed by atoms with Crippen molar-refractivity contribution < 1.29 is 4.79 Å². The van der Waals surface area contributed by atoms with Gasteiger partial charge in [0.2, 0.25) is 0 Å². The van der Waals surface area contributed by atoms with Crippen LogP contribution in [0.1, 0.15) is 26.6 Å². The fourth-order valence-electron chi connectivity index (χ4n) is 1.62. The summed E-state index contributed by atoms with van der Waals surface area (Å²) in [7, 11) is 0. The molecule has 4 nitrogen and oxygen atoms in total. The summed E-state index contributed by atoms with van der Waals surface area (Å²) in [4.78, 5) is 17.2. The van der Waals surface area contributed by atoms with Gasteiger partial charge in [0.25, 0.3) is 5.91 Å². The molecule has 0 aromatic carbocycles. The smallest absolute Gasteiger partial charge is 0.270 e. The van der Waals surface area contributed by atoms with Crippen LogP contribution >= 0.6 is 11.3 Å². The highest BCUT2D eigenvalue weighted by Gasteiger charge is 2.07. The van der Waals surface area contributed by atoms with Gasteiger partial charge in [-0.3, -0.25) is 4.79 Å². The quantitative estimate of drug-likeness (QED) is 0.843. The predicted octanol–water partition coefficient (Wildman–Crippen LogP) is 1.69. The normalized spacial score (nSPS) is 9.70. The van der Waals surface area contributed by atoms with Gasteiger partial charge in [0.15, 0.2) is 0 Å². The number of nitrogens with one attached hydrogen (secondary N) is 1. The predicted molar refractivity (Wildman–Crippen MR) is 80.4 cm³/mol. The minimum atomic E-state index is -0.170. The van der Waals surface area contributed by atoms with Crippen molar-refractivity contribution in [1.29, 1.82) is 0 Å². The lowest BCUT2D eigenvalue weighted by atomic mass is 10.3. The van der Waals surface area contributed by atoms with Crippen molar-refractivity contribution in [2.45, 2.75) is 13.5 Å². The van der Waals surface area contributed by atoms with Gasteiger partial charge in [-0.25, -0.2) is 4.98 Å². The van der Waals surface area contributed by atoms with E-state index in [1.54, 1.807) is 17.4 Å². The lowest BCUT2D eigenvalue weighted by molar-refractivity contribution is 0.0946. The Labute approximate surface area is 122 Å². The van der Waals surface area contributed by atoms with Crippen LogP contribution in [0.3, 0.4) is 0 Å². The monoisotopic (exact) mass is 285 g/mol. The highest BCUT2D eigenvalue weighted by Crippen LogP contribution is 2.13. The highest BCUT2D eigenvalue weighted by atomic mass is 32.1. The summed E-state index contributed by atoms with van der Waals surface area (Å²) in [5.74, 6) is 5.59. The van der Waals surface area contributed by atoms with Gasteiger partial charge in [-0.1, -0.05) is 17.9 Å². The van der Waals surface area contributed by atoms with Crippen LogP contribution in [0.2, 0.25) is 0 Å². The topological polar surface area (TPSA) is 68.0 Å². The molecule has 2 aromatic heterocycles. The van der Waals surface area contributed by atoms with Crippen molar-refractivity contribution in [1.82, 2.24) is 10.3 Å². The number of pyridine rings is 1. The summed E-state index contributed by atoms with van der Waals surface area (Å²) in [5, 5.41) is 4.80. The zero-order valence-corrected chi connectivity index (χ0v) is 12.0. The van der Waals surface area contributed by atoms with E-state index in [2.05, 4.69) is 22.1 Å². The molecule has 0 aliphatic heterocycles. The third-order valence-electron chi connectivity index (χ3n) is 2.53. The van der Waals surface area contributed by atoms with Gasteiger partial charge in [0, 0.05) is 21.5 Å². The van der Waals surface area contributed by atoms with E-state index < -0.39 is 0 Å². The van der Waals surface area contributed by atoms with E-state index in [9.17, 15) is 4.79 Å². The molecule has 0 bridgehead atoms. The molecular weight excluding hydrogens is 270 g/mol. The zero-order chi connectivity index (χ0) is 14.4. The van der Waals surface area contributed by atoms with Gasteiger partial charge in [0.05, 0.1) is 13.1 Å².